The number of piperazine rings is 1. The number of likely N-dealkylation sites (N-methyl/N-ethyl adjacent to an activating group) is 1. The summed E-state index contributed by atoms with van der Waals surface area (Å²) >= 11 is 0. The Kier molecular flexibility index (Phi) is 4.59. The van der Waals surface area contributed by atoms with E-state index in [0.29, 0.717) is 11.6 Å². The van der Waals surface area contributed by atoms with Crippen molar-refractivity contribution in [1.29, 1.82) is 0 Å². The van der Waals surface area contributed by atoms with Crippen LogP contribution in [0.25, 0.3) is 0 Å². The van der Waals surface area contributed by atoms with Crippen LogP contribution >= 0.6 is 0 Å². The van der Waals surface area contributed by atoms with Crippen LogP contribution in [-0.2, 0) is 0 Å². The fraction of sp³-hybridized carbons (Fsp3) is 1.00. The van der Waals surface area contributed by atoms with Gasteiger partial charge in [0.25, 0.3) is 0 Å². The van der Waals surface area contributed by atoms with Crippen molar-refractivity contribution in [3.63, 3.8) is 0 Å². The Morgan fingerprint density at radius 3 is 2.05 bits per heavy atom. The van der Waals surface area contributed by atoms with Crippen molar-refractivity contribution < 1.29 is 0 Å². The molecular weight excluding hydrogens is 234 g/mol. The third-order valence-electron chi connectivity index (χ3n) is 5.12. The predicted octanol–water partition coefficient (Wildman–Crippen LogP) is 2.13. The summed E-state index contributed by atoms with van der Waals surface area (Å²) in [4.78, 5) is 7.90. The van der Waals surface area contributed by atoms with E-state index in [0.717, 1.165) is 12.0 Å². The first-order chi connectivity index (χ1) is 8.79. The molecule has 2 aliphatic rings. The van der Waals surface area contributed by atoms with Gasteiger partial charge in [-0.05, 0) is 47.1 Å². The summed E-state index contributed by atoms with van der Waals surface area (Å²) in [5.74, 6) is 0.791. The quantitative estimate of drug-likeness (QED) is 0.720. The lowest BCUT2D eigenvalue weighted by molar-refractivity contribution is -0.0250. The Morgan fingerprint density at radius 2 is 1.53 bits per heavy atom. The summed E-state index contributed by atoms with van der Waals surface area (Å²) in [6.07, 6.45) is 1.34. The normalized spacial score (nSPS) is 36.6. The number of nitrogens with zero attached hydrogens (tertiary/aromatic N) is 3. The van der Waals surface area contributed by atoms with Gasteiger partial charge in [0.15, 0.2) is 0 Å². The lowest BCUT2D eigenvalue weighted by atomic mass is 9.85. The standard InChI is InChI=1S/C16H33N3/c1-13-12-19(16(3,4)5)14(2)11-15(13)18-9-7-17(6)8-10-18/h13-15H,7-12H2,1-6H3/t13-,14-,15?/m0/s1. The molecule has 0 amide bonds. The van der Waals surface area contributed by atoms with Crippen molar-refractivity contribution >= 4 is 0 Å². The van der Waals surface area contributed by atoms with Crippen LogP contribution in [0.1, 0.15) is 41.0 Å². The van der Waals surface area contributed by atoms with E-state index < -0.39 is 0 Å². The van der Waals surface area contributed by atoms with Gasteiger partial charge in [0.1, 0.15) is 0 Å². The fourth-order valence-electron chi connectivity index (χ4n) is 3.92. The first kappa shape index (κ1) is 15.3. The summed E-state index contributed by atoms with van der Waals surface area (Å²) in [7, 11) is 2.24. The Hall–Kier alpha value is -0.120. The van der Waals surface area contributed by atoms with Gasteiger partial charge in [-0.1, -0.05) is 6.92 Å². The molecule has 1 unspecified atom stereocenters. The van der Waals surface area contributed by atoms with Crippen LogP contribution in [0.2, 0.25) is 0 Å². The van der Waals surface area contributed by atoms with E-state index >= 15 is 0 Å². The van der Waals surface area contributed by atoms with Gasteiger partial charge in [-0.3, -0.25) is 9.80 Å². The van der Waals surface area contributed by atoms with Crippen molar-refractivity contribution in [3.8, 4) is 0 Å². The molecule has 3 atom stereocenters. The molecule has 19 heavy (non-hydrogen) atoms. The van der Waals surface area contributed by atoms with Crippen molar-refractivity contribution in [2.24, 2.45) is 5.92 Å². The Labute approximate surface area is 119 Å². The topological polar surface area (TPSA) is 9.72 Å². The zero-order valence-electron chi connectivity index (χ0n) is 13.8. The average Bonchev–Trinajstić information content (AvgIpc) is 2.31. The number of piperidine rings is 1. The van der Waals surface area contributed by atoms with Crippen LogP contribution in [0.4, 0.5) is 0 Å². The van der Waals surface area contributed by atoms with Crippen LogP contribution in [0.15, 0.2) is 0 Å². The second-order valence-electron chi connectivity index (χ2n) is 7.79. The van der Waals surface area contributed by atoms with E-state index in [1.54, 1.807) is 0 Å². The van der Waals surface area contributed by atoms with Gasteiger partial charge in [-0.15, -0.1) is 0 Å². The highest BCUT2D eigenvalue weighted by molar-refractivity contribution is 4.94. The summed E-state index contributed by atoms with van der Waals surface area (Å²) in [6.45, 7) is 18.2. The summed E-state index contributed by atoms with van der Waals surface area (Å²) in [5, 5.41) is 0. The maximum absolute atomic E-state index is 2.75. The van der Waals surface area contributed by atoms with E-state index in [1.807, 2.05) is 0 Å². The van der Waals surface area contributed by atoms with Crippen molar-refractivity contribution in [2.45, 2.75) is 58.7 Å². The van der Waals surface area contributed by atoms with Gasteiger partial charge in [-0.25, -0.2) is 0 Å². The Bertz CT molecular complexity index is 289. The molecule has 0 N–H and O–H groups in total. The molecule has 0 aliphatic carbocycles. The van der Waals surface area contributed by atoms with Crippen LogP contribution in [0.3, 0.4) is 0 Å². The Morgan fingerprint density at radius 1 is 0.947 bits per heavy atom. The molecule has 0 radical (unpaired) electrons. The molecule has 0 aromatic carbocycles. The summed E-state index contributed by atoms with van der Waals surface area (Å²) in [6, 6.07) is 1.50. The maximum atomic E-state index is 2.75. The molecule has 2 rings (SSSR count). The predicted molar refractivity (Wildman–Crippen MR) is 82.6 cm³/mol. The smallest absolute Gasteiger partial charge is 0.0149 e. The van der Waals surface area contributed by atoms with Crippen molar-refractivity contribution in [1.82, 2.24) is 14.7 Å². The number of hydrogen-bond acceptors (Lipinski definition) is 3. The zero-order chi connectivity index (χ0) is 14.2. The lowest BCUT2D eigenvalue weighted by Crippen LogP contribution is -2.60. The Balaban J connectivity index is 1.98. The zero-order valence-corrected chi connectivity index (χ0v) is 13.8. The number of hydrogen-bond donors (Lipinski definition) is 0. The van der Waals surface area contributed by atoms with E-state index in [2.05, 4.69) is 56.4 Å². The molecule has 0 bridgehead atoms. The van der Waals surface area contributed by atoms with Gasteiger partial charge in [0.2, 0.25) is 0 Å². The second-order valence-corrected chi connectivity index (χ2v) is 7.79. The van der Waals surface area contributed by atoms with E-state index in [-0.39, 0.29) is 0 Å². The molecule has 3 heteroatoms. The molecule has 2 saturated heterocycles. The minimum atomic E-state index is 0.306. The molecule has 0 saturated carbocycles. The fourth-order valence-corrected chi connectivity index (χ4v) is 3.92. The van der Waals surface area contributed by atoms with Crippen LogP contribution in [0, 0.1) is 5.92 Å². The SMILES string of the molecule is C[C@H]1CN(C(C)(C)C)[C@@H](C)CC1N1CCN(C)CC1. The third-order valence-corrected chi connectivity index (χ3v) is 5.12. The van der Waals surface area contributed by atoms with Crippen LogP contribution < -0.4 is 0 Å². The summed E-state index contributed by atoms with van der Waals surface area (Å²) in [5.41, 5.74) is 0.306. The molecule has 112 valence electrons. The molecule has 0 aromatic rings. The number of rotatable bonds is 1. The number of likely N-dealkylation sites (tertiary alicyclic amines) is 1. The molecular formula is C16H33N3. The first-order valence-electron chi connectivity index (χ1n) is 7.98. The highest BCUT2D eigenvalue weighted by Gasteiger charge is 2.38. The largest absolute Gasteiger partial charge is 0.304 e. The van der Waals surface area contributed by atoms with Gasteiger partial charge in [0, 0.05) is 50.3 Å². The molecule has 3 nitrogen and oxygen atoms in total. The van der Waals surface area contributed by atoms with Crippen molar-refractivity contribution in [3.05, 3.63) is 0 Å². The highest BCUT2D eigenvalue weighted by atomic mass is 15.3. The molecule has 0 spiro atoms. The minimum Gasteiger partial charge on any atom is -0.304 e. The third kappa shape index (κ3) is 3.50. The van der Waals surface area contributed by atoms with Crippen LogP contribution in [-0.4, -0.2) is 72.1 Å². The highest BCUT2D eigenvalue weighted by Crippen LogP contribution is 2.31. The van der Waals surface area contributed by atoms with E-state index in [1.165, 1.54) is 39.1 Å². The molecule has 0 aromatic heterocycles. The summed E-state index contributed by atoms with van der Waals surface area (Å²) < 4.78 is 0. The van der Waals surface area contributed by atoms with Gasteiger partial charge in [0.05, 0.1) is 0 Å². The van der Waals surface area contributed by atoms with E-state index in [4.69, 9.17) is 0 Å². The van der Waals surface area contributed by atoms with Crippen LogP contribution in [0.5, 0.6) is 0 Å². The molecule has 2 heterocycles. The molecule has 2 fully saturated rings. The second kappa shape index (κ2) is 5.71. The first-order valence-corrected chi connectivity index (χ1v) is 7.98. The maximum Gasteiger partial charge on any atom is 0.0149 e. The monoisotopic (exact) mass is 267 g/mol. The molecule has 2 aliphatic heterocycles. The van der Waals surface area contributed by atoms with Gasteiger partial charge < -0.3 is 4.90 Å². The van der Waals surface area contributed by atoms with E-state index in [9.17, 15) is 0 Å². The lowest BCUT2D eigenvalue weighted by Gasteiger charge is -2.52. The van der Waals surface area contributed by atoms with Gasteiger partial charge >= 0.3 is 0 Å². The van der Waals surface area contributed by atoms with Crippen molar-refractivity contribution in [2.75, 3.05) is 39.8 Å². The van der Waals surface area contributed by atoms with Gasteiger partial charge in [-0.2, -0.15) is 0 Å². The minimum absolute atomic E-state index is 0.306. The average molecular weight is 267 g/mol.